The van der Waals surface area contributed by atoms with E-state index < -0.39 is 11.5 Å². The predicted octanol–water partition coefficient (Wildman–Crippen LogP) is 2.24. The molecule has 4 heteroatoms. The Balaban J connectivity index is 1.76. The van der Waals surface area contributed by atoms with Gasteiger partial charge in [-0.2, -0.15) is 0 Å². The Bertz CT molecular complexity index is 648. The third kappa shape index (κ3) is 1.84. The zero-order chi connectivity index (χ0) is 16.6. The number of hydrogen-bond donors (Lipinski definition) is 1. The third-order valence-electron chi connectivity index (χ3n) is 7.52. The van der Waals surface area contributed by atoms with Gasteiger partial charge in [-0.15, -0.1) is 0 Å². The molecular formula is C19H24O4. The van der Waals surface area contributed by atoms with E-state index >= 15 is 0 Å². The van der Waals surface area contributed by atoms with Crippen LogP contribution in [0.15, 0.2) is 11.6 Å². The molecule has 0 saturated heterocycles. The van der Waals surface area contributed by atoms with Gasteiger partial charge < -0.3 is 5.11 Å². The molecule has 0 aliphatic heterocycles. The van der Waals surface area contributed by atoms with E-state index in [-0.39, 0.29) is 34.6 Å². The van der Waals surface area contributed by atoms with Gasteiger partial charge in [0.25, 0.3) is 0 Å². The Labute approximate surface area is 136 Å². The highest BCUT2D eigenvalue weighted by Crippen LogP contribution is 2.63. The molecule has 0 unspecified atom stereocenters. The Morgan fingerprint density at radius 2 is 1.83 bits per heavy atom. The average molecular weight is 316 g/mol. The van der Waals surface area contributed by atoms with Crippen LogP contribution in [0.25, 0.3) is 0 Å². The second kappa shape index (κ2) is 4.62. The van der Waals surface area contributed by atoms with Crippen LogP contribution < -0.4 is 0 Å². The standard InChI is InChI=1S/C19H24O4/c1-18-5-3-10(20)7-14(18)15(21)8-11-12(18)4-6-19(2)13(11)9-16(22)17(19)23/h7,11-13,16,22H,3-6,8-9H2,1-2H3/t11-,12+,13+,16-,18-,19+/m1/s1. The topological polar surface area (TPSA) is 71.4 Å². The van der Waals surface area contributed by atoms with Gasteiger partial charge in [0.2, 0.25) is 0 Å². The summed E-state index contributed by atoms with van der Waals surface area (Å²) in [6.45, 7) is 4.12. The maximum absolute atomic E-state index is 12.7. The molecule has 23 heavy (non-hydrogen) atoms. The first-order valence-electron chi connectivity index (χ1n) is 8.78. The lowest BCUT2D eigenvalue weighted by atomic mass is 9.47. The lowest BCUT2D eigenvalue weighted by Gasteiger charge is -2.55. The first-order chi connectivity index (χ1) is 10.8. The number of aliphatic hydroxyl groups excluding tert-OH is 1. The maximum atomic E-state index is 12.7. The molecule has 4 nitrogen and oxygen atoms in total. The van der Waals surface area contributed by atoms with Crippen LogP contribution in [0.5, 0.6) is 0 Å². The first-order valence-corrected chi connectivity index (χ1v) is 8.78. The van der Waals surface area contributed by atoms with E-state index in [9.17, 15) is 19.5 Å². The molecule has 0 spiro atoms. The van der Waals surface area contributed by atoms with Crippen molar-refractivity contribution in [3.8, 4) is 0 Å². The van der Waals surface area contributed by atoms with Crippen LogP contribution in [0, 0.1) is 28.6 Å². The van der Waals surface area contributed by atoms with E-state index in [0.717, 1.165) is 24.8 Å². The second-order valence-electron chi connectivity index (χ2n) is 8.52. The zero-order valence-electron chi connectivity index (χ0n) is 13.8. The van der Waals surface area contributed by atoms with Crippen molar-refractivity contribution in [1.82, 2.24) is 0 Å². The van der Waals surface area contributed by atoms with Gasteiger partial charge in [-0.25, -0.2) is 0 Å². The first kappa shape index (κ1) is 15.3. The molecule has 0 heterocycles. The summed E-state index contributed by atoms with van der Waals surface area (Å²) in [6, 6.07) is 0. The minimum absolute atomic E-state index is 0.0290. The van der Waals surface area contributed by atoms with Crippen LogP contribution in [0.3, 0.4) is 0 Å². The Kier molecular flexibility index (Phi) is 3.07. The third-order valence-corrected chi connectivity index (χ3v) is 7.52. The highest BCUT2D eigenvalue weighted by Gasteiger charge is 2.62. The van der Waals surface area contributed by atoms with Crippen molar-refractivity contribution in [3.05, 3.63) is 11.6 Å². The van der Waals surface area contributed by atoms with Gasteiger partial charge in [0.15, 0.2) is 17.3 Å². The zero-order valence-corrected chi connectivity index (χ0v) is 13.8. The van der Waals surface area contributed by atoms with Crippen molar-refractivity contribution >= 4 is 17.3 Å². The van der Waals surface area contributed by atoms with Gasteiger partial charge in [0.1, 0.15) is 6.10 Å². The summed E-state index contributed by atoms with van der Waals surface area (Å²) >= 11 is 0. The molecule has 3 saturated carbocycles. The van der Waals surface area contributed by atoms with Gasteiger partial charge in [0, 0.05) is 23.8 Å². The minimum Gasteiger partial charge on any atom is -0.385 e. The van der Waals surface area contributed by atoms with E-state index in [2.05, 4.69) is 6.92 Å². The predicted molar refractivity (Wildman–Crippen MR) is 83.5 cm³/mol. The normalized spacial score (nSPS) is 49.3. The fourth-order valence-electron chi connectivity index (χ4n) is 6.18. The fourth-order valence-corrected chi connectivity index (χ4v) is 6.18. The quantitative estimate of drug-likeness (QED) is 0.744. The van der Waals surface area contributed by atoms with Gasteiger partial charge in [0.05, 0.1) is 0 Å². The van der Waals surface area contributed by atoms with Gasteiger partial charge in [-0.3, -0.25) is 14.4 Å². The van der Waals surface area contributed by atoms with Crippen LogP contribution in [0.1, 0.15) is 52.4 Å². The summed E-state index contributed by atoms with van der Waals surface area (Å²) < 4.78 is 0. The second-order valence-corrected chi connectivity index (χ2v) is 8.52. The molecule has 4 aliphatic carbocycles. The number of hydrogen-bond acceptors (Lipinski definition) is 4. The smallest absolute Gasteiger partial charge is 0.167 e. The molecule has 0 aromatic carbocycles. The van der Waals surface area contributed by atoms with E-state index in [1.165, 1.54) is 0 Å². The van der Waals surface area contributed by atoms with Gasteiger partial charge in [-0.1, -0.05) is 13.8 Å². The Hall–Kier alpha value is -1.29. The van der Waals surface area contributed by atoms with Crippen molar-refractivity contribution in [2.45, 2.75) is 58.5 Å². The fraction of sp³-hybridized carbons (Fsp3) is 0.737. The highest BCUT2D eigenvalue weighted by molar-refractivity contribution is 6.06. The number of fused-ring (bicyclic) bond motifs is 5. The number of carbonyl (C=O) groups is 3. The molecule has 0 aromatic heterocycles. The van der Waals surface area contributed by atoms with Crippen molar-refractivity contribution < 1.29 is 19.5 Å². The van der Waals surface area contributed by atoms with E-state index in [4.69, 9.17) is 0 Å². The monoisotopic (exact) mass is 316 g/mol. The lowest BCUT2D eigenvalue weighted by molar-refractivity contribution is -0.140. The molecule has 124 valence electrons. The largest absolute Gasteiger partial charge is 0.385 e. The number of Topliss-reactive ketones (excluding diaryl/α,β-unsaturated/α-hetero) is 2. The van der Waals surface area contributed by atoms with Crippen LogP contribution in [0.4, 0.5) is 0 Å². The number of allylic oxidation sites excluding steroid dienone is 1. The molecule has 0 radical (unpaired) electrons. The summed E-state index contributed by atoms with van der Waals surface area (Å²) in [4.78, 5) is 36.9. The minimum atomic E-state index is -0.864. The van der Waals surface area contributed by atoms with E-state index in [0.29, 0.717) is 25.2 Å². The van der Waals surface area contributed by atoms with E-state index in [1.54, 1.807) is 6.08 Å². The van der Waals surface area contributed by atoms with Gasteiger partial charge >= 0.3 is 0 Å². The molecule has 4 rings (SSSR count). The summed E-state index contributed by atoms with van der Waals surface area (Å²) in [5.41, 5.74) is 0.0258. The van der Waals surface area contributed by atoms with Crippen LogP contribution in [-0.2, 0) is 14.4 Å². The molecule has 4 aliphatic rings. The average Bonchev–Trinajstić information content (AvgIpc) is 2.73. The molecule has 0 amide bonds. The van der Waals surface area contributed by atoms with E-state index in [1.807, 2.05) is 6.92 Å². The number of rotatable bonds is 0. The summed E-state index contributed by atoms with van der Waals surface area (Å²) in [5.74, 6) is 0.729. The van der Waals surface area contributed by atoms with Crippen LogP contribution >= 0.6 is 0 Å². The SMILES string of the molecule is C[C@]12CCC(=O)C=C1C(=O)C[C@@H]1[C@@H]2CC[C@]2(C)C(=O)[C@H](O)C[C@@H]12. The summed E-state index contributed by atoms with van der Waals surface area (Å²) in [6.07, 6.45) is 4.61. The number of carbonyl (C=O) groups excluding carboxylic acids is 3. The van der Waals surface area contributed by atoms with Crippen molar-refractivity contribution in [2.24, 2.45) is 28.6 Å². The lowest BCUT2D eigenvalue weighted by Crippen LogP contribution is -2.53. The summed E-state index contributed by atoms with van der Waals surface area (Å²) in [7, 11) is 0. The van der Waals surface area contributed by atoms with Crippen molar-refractivity contribution in [1.29, 1.82) is 0 Å². The molecule has 6 atom stereocenters. The maximum Gasteiger partial charge on any atom is 0.167 e. The molecule has 3 fully saturated rings. The van der Waals surface area contributed by atoms with Gasteiger partial charge in [-0.05, 0) is 54.9 Å². The number of aliphatic hydroxyl groups is 1. The highest BCUT2D eigenvalue weighted by atomic mass is 16.3. The molecular weight excluding hydrogens is 292 g/mol. The molecule has 0 bridgehead atoms. The number of ketones is 3. The van der Waals surface area contributed by atoms with Crippen LogP contribution in [-0.4, -0.2) is 28.6 Å². The van der Waals surface area contributed by atoms with Crippen LogP contribution in [0.2, 0.25) is 0 Å². The van der Waals surface area contributed by atoms with Crippen molar-refractivity contribution in [3.63, 3.8) is 0 Å². The molecule has 1 N–H and O–H groups in total. The van der Waals surface area contributed by atoms with Crippen molar-refractivity contribution in [2.75, 3.05) is 0 Å². The Morgan fingerprint density at radius 3 is 2.57 bits per heavy atom. The summed E-state index contributed by atoms with van der Waals surface area (Å²) in [5, 5.41) is 10.1. The molecule has 0 aromatic rings. The Morgan fingerprint density at radius 1 is 1.09 bits per heavy atom.